The average Bonchev–Trinajstić information content (AvgIpc) is 2.93. The minimum absolute atomic E-state index is 0.103. The number of carbonyl (C=O) groups excluding carboxylic acids is 1. The number of aliphatic hydroxyl groups is 2. The number of aliphatic hydroxyl groups excluding tert-OH is 2. The van der Waals surface area contributed by atoms with Crippen LogP contribution in [-0.2, 0) is 11.2 Å². The van der Waals surface area contributed by atoms with E-state index in [-0.39, 0.29) is 31.0 Å². The first-order valence-electron chi connectivity index (χ1n) is 8.27. The molecule has 0 spiro atoms. The van der Waals surface area contributed by atoms with E-state index in [0.717, 1.165) is 12.1 Å². The van der Waals surface area contributed by atoms with Crippen LogP contribution in [0.1, 0.15) is 11.1 Å². The Morgan fingerprint density at radius 1 is 1.22 bits per heavy atom. The number of hydrogen-bond acceptors (Lipinski definition) is 4. The highest BCUT2D eigenvalue weighted by atomic mass is 16.3. The molecule has 1 aliphatic rings. The van der Waals surface area contributed by atoms with E-state index in [1.54, 1.807) is 0 Å². The molecule has 0 unspecified atom stereocenters. The van der Waals surface area contributed by atoms with E-state index >= 15 is 0 Å². The van der Waals surface area contributed by atoms with E-state index in [9.17, 15) is 9.90 Å². The second-order valence-corrected chi connectivity index (χ2v) is 6.65. The van der Waals surface area contributed by atoms with E-state index in [2.05, 4.69) is 4.90 Å². The lowest BCUT2D eigenvalue weighted by atomic mass is 9.96. The highest BCUT2D eigenvalue weighted by Crippen LogP contribution is 2.24. The van der Waals surface area contributed by atoms with Gasteiger partial charge in [0.15, 0.2) is 0 Å². The highest BCUT2D eigenvalue weighted by Gasteiger charge is 2.35. The quantitative estimate of drug-likeness (QED) is 0.769. The molecule has 1 amide bonds. The fraction of sp³-hybridized carbons (Fsp3) is 0.611. The SMILES string of the molecule is Cc1ccc(CC(=O)N2C[C@@H](CN(C)CCO)[C@@H](CO)C2)cc1. The molecule has 0 radical (unpaired) electrons. The van der Waals surface area contributed by atoms with Crippen molar-refractivity contribution in [2.75, 3.05) is 46.4 Å². The van der Waals surface area contributed by atoms with Crippen LogP contribution in [0.25, 0.3) is 0 Å². The van der Waals surface area contributed by atoms with Gasteiger partial charge in [-0.2, -0.15) is 0 Å². The van der Waals surface area contributed by atoms with Gasteiger partial charge in [-0.15, -0.1) is 0 Å². The maximum Gasteiger partial charge on any atom is 0.227 e. The number of likely N-dealkylation sites (N-methyl/N-ethyl adjacent to an activating group) is 1. The van der Waals surface area contributed by atoms with Crippen LogP contribution in [0.15, 0.2) is 24.3 Å². The first-order chi connectivity index (χ1) is 11.0. The Labute approximate surface area is 138 Å². The van der Waals surface area contributed by atoms with Crippen LogP contribution in [0.5, 0.6) is 0 Å². The fourth-order valence-corrected chi connectivity index (χ4v) is 3.21. The first-order valence-corrected chi connectivity index (χ1v) is 8.27. The largest absolute Gasteiger partial charge is 0.396 e. The molecule has 1 aromatic carbocycles. The molecule has 0 aromatic heterocycles. The van der Waals surface area contributed by atoms with Crippen LogP contribution < -0.4 is 0 Å². The number of rotatable bonds is 7. The molecule has 0 aliphatic carbocycles. The molecule has 0 bridgehead atoms. The zero-order valence-electron chi connectivity index (χ0n) is 14.1. The summed E-state index contributed by atoms with van der Waals surface area (Å²) >= 11 is 0. The fourth-order valence-electron chi connectivity index (χ4n) is 3.21. The van der Waals surface area contributed by atoms with E-state index in [4.69, 9.17) is 5.11 Å². The topological polar surface area (TPSA) is 64.0 Å². The Morgan fingerprint density at radius 3 is 2.48 bits per heavy atom. The summed E-state index contributed by atoms with van der Waals surface area (Å²) in [7, 11) is 1.96. The van der Waals surface area contributed by atoms with Gasteiger partial charge in [-0.3, -0.25) is 4.79 Å². The van der Waals surface area contributed by atoms with Crippen molar-refractivity contribution in [2.24, 2.45) is 11.8 Å². The summed E-state index contributed by atoms with van der Waals surface area (Å²) in [6, 6.07) is 8.05. The first kappa shape index (κ1) is 17.9. The normalized spacial score (nSPS) is 21.2. The molecular formula is C18H28N2O3. The van der Waals surface area contributed by atoms with Gasteiger partial charge in [-0.05, 0) is 25.5 Å². The maximum absolute atomic E-state index is 12.5. The molecule has 1 heterocycles. The zero-order chi connectivity index (χ0) is 16.8. The Hall–Kier alpha value is -1.43. The van der Waals surface area contributed by atoms with Crippen molar-refractivity contribution in [2.45, 2.75) is 13.3 Å². The smallest absolute Gasteiger partial charge is 0.227 e. The average molecular weight is 320 g/mol. The van der Waals surface area contributed by atoms with Gasteiger partial charge in [0.25, 0.3) is 0 Å². The molecule has 0 saturated carbocycles. The van der Waals surface area contributed by atoms with E-state index in [1.165, 1.54) is 5.56 Å². The van der Waals surface area contributed by atoms with Crippen molar-refractivity contribution in [3.05, 3.63) is 35.4 Å². The molecule has 128 valence electrons. The molecule has 1 fully saturated rings. The predicted molar refractivity (Wildman–Crippen MR) is 90.1 cm³/mol. The van der Waals surface area contributed by atoms with Crippen molar-refractivity contribution in [3.63, 3.8) is 0 Å². The third kappa shape index (κ3) is 5.03. The van der Waals surface area contributed by atoms with Crippen molar-refractivity contribution in [1.29, 1.82) is 0 Å². The van der Waals surface area contributed by atoms with Gasteiger partial charge in [-0.1, -0.05) is 29.8 Å². The second-order valence-electron chi connectivity index (χ2n) is 6.65. The minimum atomic E-state index is 0.103. The Bertz CT molecular complexity index is 503. The van der Waals surface area contributed by atoms with Crippen LogP contribution in [0, 0.1) is 18.8 Å². The molecule has 23 heavy (non-hydrogen) atoms. The summed E-state index contributed by atoms with van der Waals surface area (Å²) in [5.41, 5.74) is 2.22. The maximum atomic E-state index is 12.5. The summed E-state index contributed by atoms with van der Waals surface area (Å²) in [5, 5.41) is 18.6. The number of aryl methyl sites for hydroxylation is 1. The molecule has 2 atom stereocenters. The number of carbonyl (C=O) groups is 1. The molecule has 2 N–H and O–H groups in total. The van der Waals surface area contributed by atoms with Gasteiger partial charge in [0.1, 0.15) is 0 Å². The monoisotopic (exact) mass is 320 g/mol. The van der Waals surface area contributed by atoms with Crippen molar-refractivity contribution in [1.82, 2.24) is 9.80 Å². The van der Waals surface area contributed by atoms with E-state index in [0.29, 0.717) is 26.1 Å². The number of nitrogens with zero attached hydrogens (tertiary/aromatic N) is 2. The van der Waals surface area contributed by atoms with Gasteiger partial charge in [0.05, 0.1) is 13.0 Å². The molecule has 1 aromatic rings. The molecular weight excluding hydrogens is 292 g/mol. The molecule has 5 heteroatoms. The number of hydrogen-bond donors (Lipinski definition) is 2. The minimum Gasteiger partial charge on any atom is -0.396 e. The van der Waals surface area contributed by atoms with Crippen molar-refractivity contribution < 1.29 is 15.0 Å². The Kier molecular flexibility index (Phi) is 6.57. The lowest BCUT2D eigenvalue weighted by Gasteiger charge is -2.23. The van der Waals surface area contributed by atoms with Crippen LogP contribution in [0.2, 0.25) is 0 Å². The Morgan fingerprint density at radius 2 is 1.87 bits per heavy atom. The van der Waals surface area contributed by atoms with Crippen molar-refractivity contribution >= 4 is 5.91 Å². The summed E-state index contributed by atoms with van der Waals surface area (Å²) in [5.74, 6) is 0.510. The van der Waals surface area contributed by atoms with Gasteiger partial charge in [0.2, 0.25) is 5.91 Å². The summed E-state index contributed by atoms with van der Waals surface area (Å²) in [6.45, 7) is 4.98. The van der Waals surface area contributed by atoms with Gasteiger partial charge in [-0.25, -0.2) is 0 Å². The third-order valence-electron chi connectivity index (χ3n) is 4.67. The van der Waals surface area contributed by atoms with Gasteiger partial charge >= 0.3 is 0 Å². The van der Waals surface area contributed by atoms with Crippen LogP contribution in [0.3, 0.4) is 0 Å². The summed E-state index contributed by atoms with van der Waals surface area (Å²) in [6.07, 6.45) is 0.414. The zero-order valence-corrected chi connectivity index (χ0v) is 14.1. The van der Waals surface area contributed by atoms with E-state index < -0.39 is 0 Å². The number of likely N-dealkylation sites (tertiary alicyclic amines) is 1. The third-order valence-corrected chi connectivity index (χ3v) is 4.67. The predicted octanol–water partition coefficient (Wildman–Crippen LogP) is 0.529. The standard InChI is InChI=1S/C18H28N2O3/c1-14-3-5-15(6-4-14)9-18(23)20-11-16(17(12-20)13-22)10-19(2)7-8-21/h3-6,16-17,21-22H,7-13H2,1-2H3/t16-,17-/m1/s1. The van der Waals surface area contributed by atoms with Crippen LogP contribution in [-0.4, -0.2) is 72.4 Å². The summed E-state index contributed by atoms with van der Waals surface area (Å²) < 4.78 is 0. The summed E-state index contributed by atoms with van der Waals surface area (Å²) in [4.78, 5) is 16.4. The molecule has 2 rings (SSSR count). The van der Waals surface area contributed by atoms with Gasteiger partial charge in [0, 0.05) is 38.7 Å². The lowest BCUT2D eigenvalue weighted by molar-refractivity contribution is -0.129. The Balaban J connectivity index is 1.92. The van der Waals surface area contributed by atoms with Crippen molar-refractivity contribution in [3.8, 4) is 0 Å². The second kappa shape index (κ2) is 8.43. The molecule has 5 nitrogen and oxygen atoms in total. The highest BCUT2D eigenvalue weighted by molar-refractivity contribution is 5.79. The molecule has 1 saturated heterocycles. The van der Waals surface area contributed by atoms with Crippen LogP contribution in [0.4, 0.5) is 0 Å². The number of benzene rings is 1. The lowest BCUT2D eigenvalue weighted by Crippen LogP contribution is -2.34. The van der Waals surface area contributed by atoms with Gasteiger partial charge < -0.3 is 20.0 Å². The van der Waals surface area contributed by atoms with Crippen LogP contribution >= 0.6 is 0 Å². The van der Waals surface area contributed by atoms with E-state index in [1.807, 2.05) is 43.1 Å². The number of amides is 1. The molecule has 1 aliphatic heterocycles.